The van der Waals surface area contributed by atoms with Crippen molar-refractivity contribution < 1.29 is 4.84 Å². The van der Waals surface area contributed by atoms with Gasteiger partial charge in [-0.25, -0.2) is 0 Å². The van der Waals surface area contributed by atoms with Crippen LogP contribution in [0.4, 0.5) is 0 Å². The molecule has 0 fully saturated rings. The zero-order valence-electron chi connectivity index (χ0n) is 6.66. The summed E-state index contributed by atoms with van der Waals surface area (Å²) in [6, 6.07) is 0.291. The molecule has 0 spiro atoms. The predicted molar refractivity (Wildman–Crippen MR) is 45.0 cm³/mol. The molecule has 0 radical (unpaired) electrons. The first-order valence-corrected chi connectivity index (χ1v) is 3.83. The van der Waals surface area contributed by atoms with E-state index in [4.69, 9.17) is 4.84 Å². The van der Waals surface area contributed by atoms with E-state index < -0.39 is 0 Å². The van der Waals surface area contributed by atoms with E-state index in [0.717, 1.165) is 13.0 Å². The largest absolute Gasteiger partial charge is 0.396 e. The highest BCUT2D eigenvalue weighted by Gasteiger charge is 2.05. The second-order valence-corrected chi connectivity index (χ2v) is 2.27. The first kappa shape index (κ1) is 8.04. The summed E-state index contributed by atoms with van der Waals surface area (Å²) in [5, 5.41) is 6.82. The summed E-state index contributed by atoms with van der Waals surface area (Å²) in [4.78, 5) is 8.84. The molecule has 0 aromatic heterocycles. The lowest BCUT2D eigenvalue weighted by atomic mass is 10.2. The molecule has 1 aliphatic heterocycles. The fraction of sp³-hybridized carbons (Fsp3) is 0.714. The molecule has 4 nitrogen and oxygen atoms in total. The molecule has 1 unspecified atom stereocenters. The summed E-state index contributed by atoms with van der Waals surface area (Å²) in [5.74, 6) is 0. The van der Waals surface area contributed by atoms with Crippen LogP contribution in [0.5, 0.6) is 0 Å². The number of hydrogen-bond donors (Lipinski definition) is 1. The first-order valence-electron chi connectivity index (χ1n) is 3.83. The molecule has 1 aliphatic rings. The molecule has 4 heteroatoms. The zero-order valence-corrected chi connectivity index (χ0v) is 6.66. The smallest absolute Gasteiger partial charge is 0.114 e. The number of nitrogens with zero attached hydrogens (tertiary/aromatic N) is 2. The SMILES string of the molecule is CCON=CC1CCN=CN1. The monoisotopic (exact) mass is 155 g/mol. The van der Waals surface area contributed by atoms with E-state index in [-0.39, 0.29) is 0 Å². The molecule has 0 aromatic carbocycles. The van der Waals surface area contributed by atoms with Gasteiger partial charge in [-0.2, -0.15) is 0 Å². The third-order valence-electron chi connectivity index (χ3n) is 1.39. The lowest BCUT2D eigenvalue weighted by Crippen LogP contribution is -2.33. The number of oxime groups is 1. The van der Waals surface area contributed by atoms with Gasteiger partial charge >= 0.3 is 0 Å². The number of nitrogens with one attached hydrogen (secondary N) is 1. The lowest BCUT2D eigenvalue weighted by molar-refractivity contribution is 0.159. The quantitative estimate of drug-likeness (QED) is 0.473. The van der Waals surface area contributed by atoms with Gasteiger partial charge in [-0.15, -0.1) is 0 Å². The second kappa shape index (κ2) is 4.71. The van der Waals surface area contributed by atoms with Crippen LogP contribution in [-0.4, -0.2) is 31.7 Å². The van der Waals surface area contributed by atoms with E-state index in [2.05, 4.69) is 15.5 Å². The molecular formula is C7H13N3O. The molecule has 0 amide bonds. The van der Waals surface area contributed by atoms with Gasteiger partial charge in [0, 0.05) is 6.54 Å². The number of aliphatic imine (C=N–C) groups is 1. The molecule has 62 valence electrons. The van der Waals surface area contributed by atoms with Crippen molar-refractivity contribution in [1.29, 1.82) is 0 Å². The third-order valence-corrected chi connectivity index (χ3v) is 1.39. The van der Waals surface area contributed by atoms with Gasteiger partial charge in [0.2, 0.25) is 0 Å². The summed E-state index contributed by atoms with van der Waals surface area (Å²) >= 11 is 0. The van der Waals surface area contributed by atoms with Gasteiger partial charge < -0.3 is 10.2 Å². The van der Waals surface area contributed by atoms with Crippen LogP contribution in [0.25, 0.3) is 0 Å². The van der Waals surface area contributed by atoms with Crippen molar-refractivity contribution in [3.05, 3.63) is 0 Å². The first-order chi connectivity index (χ1) is 5.43. The maximum Gasteiger partial charge on any atom is 0.114 e. The zero-order chi connectivity index (χ0) is 7.94. The summed E-state index contributed by atoms with van der Waals surface area (Å²) < 4.78 is 0. The Morgan fingerprint density at radius 3 is 3.45 bits per heavy atom. The number of hydrogen-bond acceptors (Lipinski definition) is 4. The Labute approximate surface area is 66.3 Å². The van der Waals surface area contributed by atoms with Crippen LogP contribution in [0.2, 0.25) is 0 Å². The van der Waals surface area contributed by atoms with Crippen LogP contribution >= 0.6 is 0 Å². The second-order valence-electron chi connectivity index (χ2n) is 2.27. The standard InChI is InChI=1S/C7H13N3O/c1-2-11-10-5-7-3-4-8-6-9-7/h5-7H,2-4H2,1H3,(H,8,9). The van der Waals surface area contributed by atoms with Crippen molar-refractivity contribution in [1.82, 2.24) is 5.32 Å². The minimum absolute atomic E-state index is 0.291. The van der Waals surface area contributed by atoms with Crippen molar-refractivity contribution in [2.75, 3.05) is 13.2 Å². The van der Waals surface area contributed by atoms with E-state index in [1.54, 1.807) is 12.6 Å². The Hall–Kier alpha value is -1.06. The van der Waals surface area contributed by atoms with Crippen molar-refractivity contribution >= 4 is 12.6 Å². The molecule has 11 heavy (non-hydrogen) atoms. The molecule has 0 aromatic rings. The highest BCUT2D eigenvalue weighted by atomic mass is 16.6. The Morgan fingerprint density at radius 2 is 2.82 bits per heavy atom. The highest BCUT2D eigenvalue weighted by Crippen LogP contribution is 1.93. The van der Waals surface area contributed by atoms with E-state index >= 15 is 0 Å². The van der Waals surface area contributed by atoms with Crippen LogP contribution in [0.15, 0.2) is 10.1 Å². The van der Waals surface area contributed by atoms with Gasteiger partial charge in [-0.05, 0) is 13.3 Å². The summed E-state index contributed by atoms with van der Waals surface area (Å²) in [6.07, 6.45) is 4.48. The van der Waals surface area contributed by atoms with Crippen molar-refractivity contribution in [2.45, 2.75) is 19.4 Å². The van der Waals surface area contributed by atoms with Gasteiger partial charge in [0.05, 0.1) is 18.6 Å². The summed E-state index contributed by atoms with van der Waals surface area (Å²) in [5.41, 5.74) is 0. The minimum Gasteiger partial charge on any atom is -0.396 e. The van der Waals surface area contributed by atoms with E-state index in [0.29, 0.717) is 12.6 Å². The fourth-order valence-corrected chi connectivity index (χ4v) is 0.819. The minimum atomic E-state index is 0.291. The normalized spacial score (nSPS) is 23.5. The molecule has 1 N–H and O–H groups in total. The third kappa shape index (κ3) is 3.02. The predicted octanol–water partition coefficient (Wildman–Crippen LogP) is 0.399. The molecule has 1 rings (SSSR count). The van der Waals surface area contributed by atoms with Gasteiger partial charge in [-0.3, -0.25) is 4.99 Å². The van der Waals surface area contributed by atoms with Gasteiger partial charge in [-0.1, -0.05) is 5.16 Å². The maximum absolute atomic E-state index is 4.82. The average Bonchev–Trinajstić information content (AvgIpc) is 2.07. The maximum atomic E-state index is 4.82. The van der Waals surface area contributed by atoms with Crippen LogP contribution in [-0.2, 0) is 4.84 Å². The Morgan fingerprint density at radius 1 is 1.91 bits per heavy atom. The Kier molecular flexibility index (Phi) is 3.44. The molecule has 0 saturated carbocycles. The molecule has 0 saturated heterocycles. The van der Waals surface area contributed by atoms with Crippen molar-refractivity contribution in [3.8, 4) is 0 Å². The molecule has 0 bridgehead atoms. The number of rotatable bonds is 3. The summed E-state index contributed by atoms with van der Waals surface area (Å²) in [6.45, 7) is 3.40. The topological polar surface area (TPSA) is 46.0 Å². The molecule has 1 heterocycles. The highest BCUT2D eigenvalue weighted by molar-refractivity contribution is 5.70. The Bertz CT molecular complexity index is 156. The summed E-state index contributed by atoms with van der Waals surface area (Å²) in [7, 11) is 0. The van der Waals surface area contributed by atoms with E-state index in [9.17, 15) is 0 Å². The van der Waals surface area contributed by atoms with Gasteiger partial charge in [0.25, 0.3) is 0 Å². The van der Waals surface area contributed by atoms with E-state index in [1.807, 2.05) is 6.92 Å². The van der Waals surface area contributed by atoms with Gasteiger partial charge in [0.15, 0.2) is 0 Å². The average molecular weight is 155 g/mol. The van der Waals surface area contributed by atoms with Crippen LogP contribution in [0.1, 0.15) is 13.3 Å². The van der Waals surface area contributed by atoms with Crippen molar-refractivity contribution in [2.24, 2.45) is 10.1 Å². The van der Waals surface area contributed by atoms with Crippen LogP contribution < -0.4 is 5.32 Å². The van der Waals surface area contributed by atoms with Gasteiger partial charge in [0.1, 0.15) is 6.61 Å². The molecule has 1 atom stereocenters. The van der Waals surface area contributed by atoms with E-state index in [1.165, 1.54) is 0 Å². The fourth-order valence-electron chi connectivity index (χ4n) is 0.819. The van der Waals surface area contributed by atoms with Crippen molar-refractivity contribution in [3.63, 3.8) is 0 Å². The molecule has 0 aliphatic carbocycles. The van der Waals surface area contributed by atoms with Crippen LogP contribution in [0, 0.1) is 0 Å². The lowest BCUT2D eigenvalue weighted by Gasteiger charge is -2.13. The Balaban J connectivity index is 2.20. The molecular weight excluding hydrogens is 142 g/mol. The van der Waals surface area contributed by atoms with Crippen LogP contribution in [0.3, 0.4) is 0 Å².